The first kappa shape index (κ1) is 22.4. The van der Waals surface area contributed by atoms with E-state index in [1.165, 1.54) is 5.56 Å². The normalized spacial score (nSPS) is 17.9. The van der Waals surface area contributed by atoms with Crippen molar-refractivity contribution in [3.05, 3.63) is 29.8 Å². The third kappa shape index (κ3) is 8.90. The van der Waals surface area contributed by atoms with Gasteiger partial charge in [0, 0.05) is 26.7 Å². The topological polar surface area (TPSA) is 101 Å². The molecule has 158 valence electrons. The fraction of sp³-hybridized carbons (Fsp3) is 0.632. The maximum Gasteiger partial charge on any atom is 0.213 e. The number of aryl methyl sites for hydroxylation is 1. The van der Waals surface area contributed by atoms with Crippen LogP contribution in [0.5, 0.6) is 5.75 Å². The zero-order valence-electron chi connectivity index (χ0n) is 16.7. The lowest BCUT2D eigenvalue weighted by molar-refractivity contribution is 0.0200. The van der Waals surface area contributed by atoms with Gasteiger partial charge >= 0.3 is 0 Å². The highest BCUT2D eigenvalue weighted by molar-refractivity contribution is 7.89. The van der Waals surface area contributed by atoms with Crippen LogP contribution in [0.3, 0.4) is 0 Å². The molecule has 0 aliphatic carbocycles. The highest BCUT2D eigenvalue weighted by Crippen LogP contribution is 2.12. The minimum atomic E-state index is -3.35. The summed E-state index contributed by atoms with van der Waals surface area (Å²) in [6.07, 6.45) is 3.03. The molecule has 1 aromatic rings. The Morgan fingerprint density at radius 1 is 1.21 bits per heavy atom. The number of ether oxygens (including phenoxy) is 2. The van der Waals surface area contributed by atoms with Gasteiger partial charge in [-0.2, -0.15) is 0 Å². The summed E-state index contributed by atoms with van der Waals surface area (Å²) in [5, 5.41) is 6.10. The van der Waals surface area contributed by atoms with E-state index in [1.54, 1.807) is 7.05 Å². The Labute approximate surface area is 168 Å². The second kappa shape index (κ2) is 11.9. The summed E-state index contributed by atoms with van der Waals surface area (Å²) in [6, 6.07) is 7.85. The third-order valence-electron chi connectivity index (χ3n) is 4.38. The largest absolute Gasteiger partial charge is 0.492 e. The van der Waals surface area contributed by atoms with Crippen molar-refractivity contribution < 1.29 is 17.9 Å². The predicted molar refractivity (Wildman–Crippen MR) is 111 cm³/mol. The van der Waals surface area contributed by atoms with Crippen LogP contribution in [-0.4, -0.2) is 66.1 Å². The van der Waals surface area contributed by atoms with Crippen molar-refractivity contribution >= 4 is 16.0 Å². The maximum atomic E-state index is 12.1. The molecule has 1 unspecified atom stereocenters. The van der Waals surface area contributed by atoms with E-state index in [0.29, 0.717) is 32.3 Å². The number of sulfonamides is 1. The van der Waals surface area contributed by atoms with E-state index >= 15 is 0 Å². The molecular formula is C19H32N4O4S. The summed E-state index contributed by atoms with van der Waals surface area (Å²) in [5.74, 6) is 1.33. The van der Waals surface area contributed by atoms with Gasteiger partial charge in [0.05, 0.1) is 18.4 Å². The van der Waals surface area contributed by atoms with Gasteiger partial charge in [0.15, 0.2) is 5.96 Å². The fourth-order valence-corrected chi connectivity index (χ4v) is 3.71. The Morgan fingerprint density at radius 2 is 1.96 bits per heavy atom. The van der Waals surface area contributed by atoms with E-state index in [4.69, 9.17) is 9.47 Å². The monoisotopic (exact) mass is 412 g/mol. The van der Waals surface area contributed by atoms with Crippen LogP contribution in [0.2, 0.25) is 0 Å². The molecule has 1 atom stereocenters. The molecule has 1 aromatic carbocycles. The predicted octanol–water partition coefficient (Wildman–Crippen LogP) is 1.03. The summed E-state index contributed by atoms with van der Waals surface area (Å²) in [5.41, 5.74) is 1.19. The number of nitrogens with one attached hydrogen (secondary N) is 3. The second-order valence-electron chi connectivity index (χ2n) is 6.74. The first-order valence-electron chi connectivity index (χ1n) is 9.71. The quantitative estimate of drug-likeness (QED) is 0.301. The Morgan fingerprint density at radius 3 is 2.64 bits per heavy atom. The van der Waals surface area contributed by atoms with Gasteiger partial charge in [-0.1, -0.05) is 17.7 Å². The molecule has 0 spiro atoms. The SMILES string of the molecule is CN=C(NCCOc1ccc(C)cc1)NCCS(=O)(=O)NCC1CCCCO1. The number of hydrogen-bond donors (Lipinski definition) is 3. The number of benzene rings is 1. The number of rotatable bonds is 10. The van der Waals surface area contributed by atoms with Crippen molar-refractivity contribution in [2.75, 3.05) is 45.6 Å². The van der Waals surface area contributed by atoms with Crippen molar-refractivity contribution in [3.8, 4) is 5.75 Å². The number of guanidine groups is 1. The van der Waals surface area contributed by atoms with Crippen molar-refractivity contribution in [2.24, 2.45) is 4.99 Å². The molecule has 28 heavy (non-hydrogen) atoms. The van der Waals surface area contributed by atoms with Gasteiger partial charge in [-0.15, -0.1) is 0 Å². The van der Waals surface area contributed by atoms with Crippen LogP contribution in [0, 0.1) is 6.92 Å². The van der Waals surface area contributed by atoms with E-state index in [2.05, 4.69) is 20.3 Å². The molecule has 0 bridgehead atoms. The molecule has 1 aliphatic heterocycles. The molecule has 1 fully saturated rings. The summed E-state index contributed by atoms with van der Waals surface area (Å²) in [4.78, 5) is 4.09. The van der Waals surface area contributed by atoms with Crippen LogP contribution < -0.4 is 20.1 Å². The van der Waals surface area contributed by atoms with Crippen molar-refractivity contribution in [1.82, 2.24) is 15.4 Å². The molecule has 9 heteroatoms. The second-order valence-corrected chi connectivity index (χ2v) is 8.67. The molecule has 1 aliphatic rings. The molecule has 0 radical (unpaired) electrons. The number of hydrogen-bond acceptors (Lipinski definition) is 5. The molecule has 1 saturated heterocycles. The lowest BCUT2D eigenvalue weighted by Gasteiger charge is -2.22. The van der Waals surface area contributed by atoms with Gasteiger partial charge in [0.1, 0.15) is 12.4 Å². The van der Waals surface area contributed by atoms with Crippen LogP contribution in [-0.2, 0) is 14.8 Å². The smallest absolute Gasteiger partial charge is 0.213 e. The Bertz CT molecular complexity index is 701. The van der Waals surface area contributed by atoms with Crippen molar-refractivity contribution in [1.29, 1.82) is 0 Å². The van der Waals surface area contributed by atoms with Gasteiger partial charge in [0.2, 0.25) is 10.0 Å². The Hall–Kier alpha value is -1.84. The molecule has 0 aromatic heterocycles. The zero-order chi connectivity index (χ0) is 20.2. The van der Waals surface area contributed by atoms with Crippen molar-refractivity contribution in [2.45, 2.75) is 32.3 Å². The van der Waals surface area contributed by atoms with Crippen LogP contribution >= 0.6 is 0 Å². The van der Waals surface area contributed by atoms with Crippen molar-refractivity contribution in [3.63, 3.8) is 0 Å². The van der Waals surface area contributed by atoms with Crippen LogP contribution in [0.1, 0.15) is 24.8 Å². The average molecular weight is 413 g/mol. The molecule has 8 nitrogen and oxygen atoms in total. The Kier molecular flexibility index (Phi) is 9.52. The summed E-state index contributed by atoms with van der Waals surface area (Å²) >= 11 is 0. The summed E-state index contributed by atoms with van der Waals surface area (Å²) in [6.45, 7) is 4.37. The van der Waals surface area contributed by atoms with E-state index in [1.807, 2.05) is 31.2 Å². The first-order chi connectivity index (χ1) is 13.5. The van der Waals surface area contributed by atoms with E-state index in [-0.39, 0.29) is 18.4 Å². The van der Waals surface area contributed by atoms with Gasteiger partial charge in [-0.25, -0.2) is 13.1 Å². The van der Waals surface area contributed by atoms with Crippen LogP contribution in [0.4, 0.5) is 0 Å². The lowest BCUT2D eigenvalue weighted by atomic mass is 10.1. The maximum absolute atomic E-state index is 12.1. The van der Waals surface area contributed by atoms with Gasteiger partial charge in [0.25, 0.3) is 0 Å². The molecule has 3 N–H and O–H groups in total. The van der Waals surface area contributed by atoms with Gasteiger partial charge in [-0.3, -0.25) is 4.99 Å². The zero-order valence-corrected chi connectivity index (χ0v) is 17.6. The highest BCUT2D eigenvalue weighted by Gasteiger charge is 2.17. The minimum Gasteiger partial charge on any atom is -0.492 e. The number of aliphatic imine (C=N–C) groups is 1. The summed E-state index contributed by atoms with van der Waals surface area (Å²) < 4.78 is 38.0. The average Bonchev–Trinajstić information content (AvgIpc) is 2.70. The Balaban J connectivity index is 1.59. The van der Waals surface area contributed by atoms with Crippen LogP contribution in [0.25, 0.3) is 0 Å². The van der Waals surface area contributed by atoms with E-state index in [9.17, 15) is 8.42 Å². The van der Waals surface area contributed by atoms with E-state index in [0.717, 1.165) is 25.0 Å². The molecule has 0 saturated carbocycles. The molecule has 2 rings (SSSR count). The highest BCUT2D eigenvalue weighted by atomic mass is 32.2. The minimum absolute atomic E-state index is 0.0144. The lowest BCUT2D eigenvalue weighted by Crippen LogP contribution is -2.43. The van der Waals surface area contributed by atoms with Gasteiger partial charge in [-0.05, 0) is 38.3 Å². The summed E-state index contributed by atoms with van der Waals surface area (Å²) in [7, 11) is -1.71. The molecule has 1 heterocycles. The van der Waals surface area contributed by atoms with Crippen LogP contribution in [0.15, 0.2) is 29.3 Å². The van der Waals surface area contributed by atoms with E-state index < -0.39 is 10.0 Å². The first-order valence-corrected chi connectivity index (χ1v) is 11.4. The standard InChI is InChI=1S/C19H32N4O4S/c1-16-6-8-17(9-7-16)27-13-10-21-19(20-2)22-11-14-28(24,25)23-15-18-5-3-4-12-26-18/h6-9,18,23H,3-5,10-15H2,1-2H3,(H2,20,21,22). The number of nitrogens with zero attached hydrogens (tertiary/aromatic N) is 1. The third-order valence-corrected chi connectivity index (χ3v) is 5.72. The van der Waals surface area contributed by atoms with Gasteiger partial charge < -0.3 is 20.1 Å². The fourth-order valence-electron chi connectivity index (χ4n) is 2.76. The molecule has 0 amide bonds. The molecular weight excluding hydrogens is 380 g/mol.